The number of hydrogen-bond donors (Lipinski definition) is 1. The van der Waals surface area contributed by atoms with Gasteiger partial charge in [0.15, 0.2) is 0 Å². The summed E-state index contributed by atoms with van der Waals surface area (Å²) >= 11 is 0. The monoisotopic (exact) mass is 269 g/mol. The van der Waals surface area contributed by atoms with Gasteiger partial charge in [0.2, 0.25) is 5.88 Å². The van der Waals surface area contributed by atoms with E-state index < -0.39 is 4.92 Å². The van der Waals surface area contributed by atoms with Crippen molar-refractivity contribution < 1.29 is 14.4 Å². The average Bonchev–Trinajstić information content (AvgIpc) is 2.37. The molecule has 0 amide bonds. The predicted octanol–water partition coefficient (Wildman–Crippen LogP) is 1.77. The molecule has 0 atom stereocenters. The number of nitrogens with zero attached hydrogens (tertiary/aromatic N) is 2. The van der Waals surface area contributed by atoms with Crippen molar-refractivity contribution >= 4 is 5.69 Å². The highest BCUT2D eigenvalue weighted by Gasteiger charge is 2.17. The van der Waals surface area contributed by atoms with Crippen LogP contribution in [0.5, 0.6) is 11.8 Å². The quantitative estimate of drug-likeness (QED) is 0.439. The molecule has 1 rings (SSSR count). The number of nitro groups is 1. The molecule has 7 nitrogen and oxygen atoms in total. The maximum atomic E-state index is 10.8. The van der Waals surface area contributed by atoms with Crippen molar-refractivity contribution in [3.8, 4) is 11.8 Å². The molecule has 0 fully saturated rings. The lowest BCUT2D eigenvalue weighted by Gasteiger charge is -2.09. The van der Waals surface area contributed by atoms with Gasteiger partial charge < -0.3 is 14.8 Å². The third-order valence-corrected chi connectivity index (χ3v) is 2.33. The van der Waals surface area contributed by atoms with E-state index in [1.165, 1.54) is 19.2 Å². The van der Waals surface area contributed by atoms with Crippen molar-refractivity contribution in [1.82, 2.24) is 10.3 Å². The van der Waals surface area contributed by atoms with E-state index in [0.29, 0.717) is 18.5 Å². The molecule has 1 heterocycles. The third-order valence-electron chi connectivity index (χ3n) is 2.33. The van der Waals surface area contributed by atoms with Gasteiger partial charge in [-0.2, -0.15) is 4.98 Å². The minimum Gasteiger partial charge on any atom is -0.481 e. The fourth-order valence-electron chi connectivity index (χ4n) is 1.41. The number of hydrogen-bond acceptors (Lipinski definition) is 6. The van der Waals surface area contributed by atoms with Gasteiger partial charge in [-0.05, 0) is 13.0 Å². The Morgan fingerprint density at radius 2 is 2.21 bits per heavy atom. The summed E-state index contributed by atoms with van der Waals surface area (Å²) in [6, 6.07) is 3.17. The summed E-state index contributed by atoms with van der Waals surface area (Å²) in [6.07, 6.45) is 0.744. The van der Waals surface area contributed by atoms with Crippen molar-refractivity contribution in [1.29, 1.82) is 0 Å². The third kappa shape index (κ3) is 5.09. The van der Waals surface area contributed by atoms with Crippen LogP contribution >= 0.6 is 0 Å². The van der Waals surface area contributed by atoms with Crippen molar-refractivity contribution in [3.05, 3.63) is 22.2 Å². The van der Waals surface area contributed by atoms with Crippen molar-refractivity contribution in [2.24, 2.45) is 0 Å². The highest BCUT2D eigenvalue weighted by Crippen LogP contribution is 2.26. The van der Waals surface area contributed by atoms with Gasteiger partial charge in [0.1, 0.15) is 0 Å². The molecular weight excluding hydrogens is 250 g/mol. The Hall–Kier alpha value is -1.89. The smallest absolute Gasteiger partial charge is 0.331 e. The molecule has 0 aliphatic carbocycles. The number of ether oxygens (including phenoxy) is 2. The normalized spacial score (nSPS) is 10.5. The van der Waals surface area contributed by atoms with E-state index in [4.69, 9.17) is 9.47 Å². The highest BCUT2D eigenvalue weighted by atomic mass is 16.6. The maximum absolute atomic E-state index is 10.8. The minimum atomic E-state index is -0.520. The van der Waals surface area contributed by atoms with Crippen LogP contribution < -0.4 is 14.8 Å². The molecule has 0 bridgehead atoms. The number of rotatable bonds is 8. The zero-order valence-corrected chi connectivity index (χ0v) is 11.4. The standard InChI is InChI=1S/C12H19N3O4/c1-9(2)13-7-4-8-19-12-10(15(16)17)5-6-11(14-12)18-3/h5-6,9,13H,4,7-8H2,1-3H3. The summed E-state index contributed by atoms with van der Waals surface area (Å²) in [5.41, 5.74) is -0.155. The lowest BCUT2D eigenvalue weighted by atomic mass is 10.3. The van der Waals surface area contributed by atoms with Gasteiger partial charge in [0.05, 0.1) is 18.6 Å². The van der Waals surface area contributed by atoms with Crippen LogP contribution in [0.25, 0.3) is 0 Å². The topological polar surface area (TPSA) is 86.5 Å². The second-order valence-electron chi connectivity index (χ2n) is 4.25. The van der Waals surface area contributed by atoms with Crippen LogP contribution in [0.2, 0.25) is 0 Å². The SMILES string of the molecule is COc1ccc([N+](=O)[O-])c(OCCCNC(C)C)n1. The van der Waals surface area contributed by atoms with E-state index in [1.54, 1.807) is 0 Å². The number of nitrogens with one attached hydrogen (secondary N) is 1. The second kappa shape index (κ2) is 7.52. The second-order valence-corrected chi connectivity index (χ2v) is 4.25. The number of aromatic nitrogens is 1. The van der Waals surface area contributed by atoms with Crippen molar-refractivity contribution in [2.45, 2.75) is 26.3 Å². The maximum Gasteiger partial charge on any atom is 0.331 e. The Morgan fingerprint density at radius 3 is 2.79 bits per heavy atom. The molecule has 0 aromatic carbocycles. The Labute approximate surface area is 112 Å². The van der Waals surface area contributed by atoms with E-state index >= 15 is 0 Å². The first-order chi connectivity index (χ1) is 9.04. The molecule has 0 saturated carbocycles. The van der Waals surface area contributed by atoms with Crippen LogP contribution in [0, 0.1) is 10.1 Å². The minimum absolute atomic E-state index is 0.00565. The summed E-state index contributed by atoms with van der Waals surface area (Å²) in [5, 5.41) is 14.1. The largest absolute Gasteiger partial charge is 0.481 e. The molecule has 0 unspecified atom stereocenters. The lowest BCUT2D eigenvalue weighted by molar-refractivity contribution is -0.386. The van der Waals surface area contributed by atoms with Crippen molar-refractivity contribution in [2.75, 3.05) is 20.3 Å². The van der Waals surface area contributed by atoms with E-state index in [-0.39, 0.29) is 11.6 Å². The summed E-state index contributed by atoms with van der Waals surface area (Å²) in [6.45, 7) is 5.25. The first-order valence-corrected chi connectivity index (χ1v) is 6.10. The Bertz CT molecular complexity index is 423. The lowest BCUT2D eigenvalue weighted by Crippen LogP contribution is -2.24. The van der Waals surface area contributed by atoms with Gasteiger partial charge in [0.25, 0.3) is 5.88 Å². The molecule has 19 heavy (non-hydrogen) atoms. The molecule has 7 heteroatoms. The Kier molecular flexibility index (Phi) is 6.01. The number of methoxy groups -OCH3 is 1. The van der Waals surface area contributed by atoms with E-state index in [2.05, 4.69) is 24.1 Å². The van der Waals surface area contributed by atoms with E-state index in [9.17, 15) is 10.1 Å². The summed E-state index contributed by atoms with van der Waals surface area (Å²) in [5.74, 6) is 0.287. The fourth-order valence-corrected chi connectivity index (χ4v) is 1.41. The van der Waals surface area contributed by atoms with Gasteiger partial charge in [-0.3, -0.25) is 10.1 Å². The molecule has 1 aromatic heterocycles. The molecule has 1 N–H and O–H groups in total. The fraction of sp³-hybridized carbons (Fsp3) is 0.583. The molecule has 0 radical (unpaired) electrons. The van der Waals surface area contributed by atoms with Crippen LogP contribution in [-0.2, 0) is 0 Å². The van der Waals surface area contributed by atoms with Gasteiger partial charge in [-0.25, -0.2) is 0 Å². The number of pyridine rings is 1. The summed E-state index contributed by atoms with van der Waals surface area (Å²) < 4.78 is 10.3. The van der Waals surface area contributed by atoms with Gasteiger partial charge in [0, 0.05) is 18.2 Å². The van der Waals surface area contributed by atoms with E-state index in [1.807, 2.05) is 0 Å². The van der Waals surface area contributed by atoms with Crippen LogP contribution in [-0.4, -0.2) is 36.2 Å². The molecule has 0 spiro atoms. The summed E-state index contributed by atoms with van der Waals surface area (Å²) in [4.78, 5) is 14.3. The molecule has 0 aliphatic rings. The highest BCUT2D eigenvalue weighted by molar-refractivity contribution is 5.42. The first-order valence-electron chi connectivity index (χ1n) is 6.10. The zero-order chi connectivity index (χ0) is 14.3. The zero-order valence-electron chi connectivity index (χ0n) is 11.4. The van der Waals surface area contributed by atoms with E-state index in [0.717, 1.165) is 13.0 Å². The Balaban J connectivity index is 2.57. The van der Waals surface area contributed by atoms with Crippen LogP contribution in [0.3, 0.4) is 0 Å². The van der Waals surface area contributed by atoms with Crippen LogP contribution in [0.1, 0.15) is 20.3 Å². The van der Waals surface area contributed by atoms with Crippen LogP contribution in [0.4, 0.5) is 5.69 Å². The first kappa shape index (κ1) is 15.2. The van der Waals surface area contributed by atoms with Crippen LogP contribution in [0.15, 0.2) is 12.1 Å². The summed E-state index contributed by atoms with van der Waals surface area (Å²) in [7, 11) is 1.45. The average molecular weight is 269 g/mol. The van der Waals surface area contributed by atoms with Gasteiger partial charge in [-0.15, -0.1) is 0 Å². The van der Waals surface area contributed by atoms with Gasteiger partial charge >= 0.3 is 5.69 Å². The Morgan fingerprint density at radius 1 is 1.47 bits per heavy atom. The molecule has 1 aromatic rings. The van der Waals surface area contributed by atoms with Gasteiger partial charge in [-0.1, -0.05) is 13.8 Å². The molecular formula is C12H19N3O4. The predicted molar refractivity (Wildman–Crippen MR) is 70.7 cm³/mol. The molecule has 0 saturated heterocycles. The molecule has 106 valence electrons. The molecule has 0 aliphatic heterocycles. The van der Waals surface area contributed by atoms with Crippen molar-refractivity contribution in [3.63, 3.8) is 0 Å².